The Bertz CT molecular complexity index is 846. The Balaban J connectivity index is 1.54. The van der Waals surface area contributed by atoms with Crippen LogP contribution in [0.2, 0.25) is 0 Å². The number of sulfonamides is 1. The summed E-state index contributed by atoms with van der Waals surface area (Å²) in [7, 11) is -3.30. The molecule has 0 spiro atoms. The van der Waals surface area contributed by atoms with E-state index >= 15 is 0 Å². The molecule has 0 atom stereocenters. The minimum absolute atomic E-state index is 0.0333. The Kier molecular flexibility index (Phi) is 5.65. The molecule has 1 aliphatic heterocycles. The first-order valence-corrected chi connectivity index (χ1v) is 10.1. The molecule has 2 aromatic carbocycles. The summed E-state index contributed by atoms with van der Waals surface area (Å²) in [6.45, 7) is 3.19. The molecule has 1 N–H and O–H groups in total. The van der Waals surface area contributed by atoms with E-state index in [9.17, 15) is 18.5 Å². The Labute approximate surface area is 153 Å². The number of hydrogen-bond donors (Lipinski definition) is 1. The maximum absolute atomic E-state index is 12.6. The van der Waals surface area contributed by atoms with Gasteiger partial charge in [0.05, 0.1) is 36.9 Å². The molecule has 0 amide bonds. The van der Waals surface area contributed by atoms with Crippen LogP contribution < -0.4 is 4.90 Å². The van der Waals surface area contributed by atoms with E-state index in [0.29, 0.717) is 13.1 Å². The zero-order valence-corrected chi connectivity index (χ0v) is 15.2. The lowest BCUT2D eigenvalue weighted by Crippen LogP contribution is -3.13. The lowest BCUT2D eigenvalue weighted by molar-refractivity contribution is -0.917. The maximum Gasteiger partial charge on any atom is 0.269 e. The number of nitrogens with zero attached hydrogens (tertiary/aromatic N) is 2. The summed E-state index contributed by atoms with van der Waals surface area (Å²) < 4.78 is 26.7. The van der Waals surface area contributed by atoms with Gasteiger partial charge >= 0.3 is 0 Å². The number of nitro groups is 1. The van der Waals surface area contributed by atoms with Crippen molar-refractivity contribution in [2.75, 3.05) is 26.2 Å². The number of hydrogen-bond acceptors (Lipinski definition) is 4. The van der Waals surface area contributed by atoms with Crippen LogP contribution in [0.4, 0.5) is 5.69 Å². The minimum atomic E-state index is -3.30. The minimum Gasteiger partial charge on any atom is -0.329 e. The van der Waals surface area contributed by atoms with E-state index in [4.69, 9.17) is 0 Å². The highest BCUT2D eigenvalue weighted by atomic mass is 32.2. The molecule has 0 saturated carbocycles. The fraction of sp³-hybridized carbons (Fsp3) is 0.333. The van der Waals surface area contributed by atoms with Gasteiger partial charge in [-0.25, -0.2) is 8.42 Å². The molecule has 1 aliphatic rings. The molecule has 0 aromatic heterocycles. The maximum atomic E-state index is 12.6. The second-order valence-electron chi connectivity index (χ2n) is 6.49. The Morgan fingerprint density at radius 3 is 2.15 bits per heavy atom. The molecule has 1 fully saturated rings. The van der Waals surface area contributed by atoms with Gasteiger partial charge < -0.3 is 4.90 Å². The number of rotatable bonds is 6. The Hall–Kier alpha value is -2.29. The summed E-state index contributed by atoms with van der Waals surface area (Å²) in [6.07, 6.45) is 0. The zero-order chi connectivity index (χ0) is 18.6. The molecule has 0 radical (unpaired) electrons. The SMILES string of the molecule is O=[N+]([O-])c1ccc(C[NH+]2CCN(S(=O)(=O)Cc3ccccc3)CC2)cc1. The van der Waals surface area contributed by atoms with Crippen LogP contribution >= 0.6 is 0 Å². The van der Waals surface area contributed by atoms with Gasteiger partial charge in [0.1, 0.15) is 6.54 Å². The fourth-order valence-corrected chi connectivity index (χ4v) is 4.69. The van der Waals surface area contributed by atoms with Crippen molar-refractivity contribution in [2.45, 2.75) is 12.3 Å². The molecule has 1 saturated heterocycles. The molecule has 0 unspecified atom stereocenters. The molecule has 26 heavy (non-hydrogen) atoms. The van der Waals surface area contributed by atoms with Crippen LogP contribution in [0.25, 0.3) is 0 Å². The lowest BCUT2D eigenvalue weighted by atomic mass is 10.2. The summed E-state index contributed by atoms with van der Waals surface area (Å²) in [5, 5.41) is 10.7. The van der Waals surface area contributed by atoms with Crippen LogP contribution in [-0.2, 0) is 22.3 Å². The van der Waals surface area contributed by atoms with E-state index in [-0.39, 0.29) is 11.4 Å². The summed E-state index contributed by atoms with van der Waals surface area (Å²) in [5.41, 5.74) is 1.90. The average Bonchev–Trinajstić information content (AvgIpc) is 2.63. The predicted octanol–water partition coefficient (Wildman–Crippen LogP) is 0.825. The molecular formula is C18H22N3O4S+. The van der Waals surface area contributed by atoms with Crippen LogP contribution in [0.1, 0.15) is 11.1 Å². The van der Waals surface area contributed by atoms with Crippen LogP contribution in [0.5, 0.6) is 0 Å². The number of piperazine rings is 1. The second kappa shape index (κ2) is 7.94. The van der Waals surface area contributed by atoms with Crippen LogP contribution in [0.15, 0.2) is 54.6 Å². The third kappa shape index (κ3) is 4.66. The molecule has 138 valence electrons. The average molecular weight is 376 g/mol. The van der Waals surface area contributed by atoms with Gasteiger partial charge in [-0.1, -0.05) is 30.3 Å². The summed E-state index contributed by atoms with van der Waals surface area (Å²) in [6, 6.07) is 15.8. The molecule has 8 heteroatoms. The number of quaternary nitrogens is 1. The monoisotopic (exact) mass is 376 g/mol. The second-order valence-corrected chi connectivity index (χ2v) is 8.46. The van der Waals surface area contributed by atoms with Crippen molar-refractivity contribution >= 4 is 15.7 Å². The van der Waals surface area contributed by atoms with Crippen molar-refractivity contribution in [3.05, 3.63) is 75.8 Å². The zero-order valence-electron chi connectivity index (χ0n) is 14.4. The van der Waals surface area contributed by atoms with Crippen molar-refractivity contribution in [3.63, 3.8) is 0 Å². The topological polar surface area (TPSA) is 85.0 Å². The summed E-state index contributed by atoms with van der Waals surface area (Å²) in [5.74, 6) is 0.0333. The van der Waals surface area contributed by atoms with E-state index in [1.807, 2.05) is 30.3 Å². The van der Waals surface area contributed by atoms with E-state index in [1.165, 1.54) is 17.0 Å². The largest absolute Gasteiger partial charge is 0.329 e. The van der Waals surface area contributed by atoms with Gasteiger partial charge in [-0.05, 0) is 17.7 Å². The van der Waals surface area contributed by atoms with Gasteiger partial charge in [-0.2, -0.15) is 4.31 Å². The van der Waals surface area contributed by atoms with E-state index < -0.39 is 14.9 Å². The fourth-order valence-electron chi connectivity index (χ4n) is 3.16. The highest BCUT2D eigenvalue weighted by Crippen LogP contribution is 2.12. The Morgan fingerprint density at radius 2 is 1.58 bits per heavy atom. The first-order chi connectivity index (χ1) is 12.4. The molecule has 0 aliphatic carbocycles. The third-order valence-corrected chi connectivity index (χ3v) is 6.47. The smallest absolute Gasteiger partial charge is 0.269 e. The molecule has 3 rings (SSSR count). The molecule has 7 nitrogen and oxygen atoms in total. The Morgan fingerprint density at radius 1 is 0.962 bits per heavy atom. The van der Waals surface area contributed by atoms with Crippen LogP contribution in [0.3, 0.4) is 0 Å². The van der Waals surface area contributed by atoms with Crippen molar-refractivity contribution < 1.29 is 18.2 Å². The van der Waals surface area contributed by atoms with Gasteiger partial charge in [0.25, 0.3) is 5.69 Å². The first kappa shape index (κ1) is 18.5. The van der Waals surface area contributed by atoms with E-state index in [0.717, 1.165) is 30.8 Å². The van der Waals surface area contributed by atoms with Crippen molar-refractivity contribution in [3.8, 4) is 0 Å². The summed E-state index contributed by atoms with van der Waals surface area (Å²) in [4.78, 5) is 11.6. The highest BCUT2D eigenvalue weighted by Gasteiger charge is 2.29. The quantitative estimate of drug-likeness (QED) is 0.598. The first-order valence-electron chi connectivity index (χ1n) is 8.53. The number of nitrogens with one attached hydrogen (secondary N) is 1. The highest BCUT2D eigenvalue weighted by molar-refractivity contribution is 7.88. The van der Waals surface area contributed by atoms with Gasteiger partial charge in [-0.3, -0.25) is 10.1 Å². The lowest BCUT2D eigenvalue weighted by Gasteiger charge is -2.31. The summed E-state index contributed by atoms with van der Waals surface area (Å²) >= 11 is 0. The van der Waals surface area contributed by atoms with Crippen molar-refractivity contribution in [2.24, 2.45) is 0 Å². The number of nitro benzene ring substituents is 1. The van der Waals surface area contributed by atoms with Crippen LogP contribution in [-0.4, -0.2) is 43.8 Å². The van der Waals surface area contributed by atoms with Crippen molar-refractivity contribution in [1.29, 1.82) is 0 Å². The van der Waals surface area contributed by atoms with Gasteiger partial charge in [0.15, 0.2) is 0 Å². The van der Waals surface area contributed by atoms with Gasteiger partial charge in [0, 0.05) is 17.7 Å². The standard InChI is InChI=1S/C18H21N3O4S/c22-21(23)18-8-6-16(7-9-18)14-19-10-12-20(13-11-19)26(24,25)15-17-4-2-1-3-5-17/h1-9H,10-15H2/p+1. The molecular weight excluding hydrogens is 354 g/mol. The normalized spacial score (nSPS) is 16.5. The number of benzene rings is 2. The van der Waals surface area contributed by atoms with Crippen LogP contribution in [0, 0.1) is 10.1 Å². The predicted molar refractivity (Wildman–Crippen MR) is 98.1 cm³/mol. The van der Waals surface area contributed by atoms with Gasteiger partial charge in [0.2, 0.25) is 10.0 Å². The van der Waals surface area contributed by atoms with Gasteiger partial charge in [-0.15, -0.1) is 0 Å². The number of non-ortho nitro benzene ring substituents is 1. The molecule has 1 heterocycles. The van der Waals surface area contributed by atoms with E-state index in [1.54, 1.807) is 16.4 Å². The third-order valence-electron chi connectivity index (χ3n) is 4.62. The molecule has 2 aromatic rings. The molecule has 0 bridgehead atoms. The van der Waals surface area contributed by atoms with E-state index in [2.05, 4.69) is 0 Å². The van der Waals surface area contributed by atoms with Crippen molar-refractivity contribution in [1.82, 2.24) is 4.31 Å².